The van der Waals surface area contributed by atoms with Crippen molar-refractivity contribution in [2.45, 2.75) is 18.7 Å². The number of hydrogen-bond acceptors (Lipinski definition) is 4. The van der Waals surface area contributed by atoms with Crippen molar-refractivity contribution in [2.75, 3.05) is 12.3 Å². The smallest absolute Gasteiger partial charge is 0.328 e. The molecule has 17 heavy (non-hydrogen) atoms. The van der Waals surface area contributed by atoms with Gasteiger partial charge in [0.2, 0.25) is 0 Å². The molecular formula is C10H15N3O3S. The van der Waals surface area contributed by atoms with Crippen LogP contribution in [0.1, 0.15) is 12.5 Å². The third-order valence-corrected chi connectivity index (χ3v) is 3.54. The predicted octanol–water partition coefficient (Wildman–Crippen LogP) is 0.585. The maximum absolute atomic E-state index is 11.8. The van der Waals surface area contributed by atoms with Crippen molar-refractivity contribution < 1.29 is 13.2 Å². The van der Waals surface area contributed by atoms with E-state index in [4.69, 9.17) is 5.73 Å². The molecule has 0 aliphatic rings. The third-order valence-electron chi connectivity index (χ3n) is 2.05. The number of sulfonamides is 1. The van der Waals surface area contributed by atoms with Gasteiger partial charge in [-0.2, -0.15) is 0 Å². The van der Waals surface area contributed by atoms with Crippen molar-refractivity contribution in [2.24, 2.45) is 0 Å². The number of anilines is 1. The van der Waals surface area contributed by atoms with E-state index in [1.165, 1.54) is 18.2 Å². The van der Waals surface area contributed by atoms with E-state index in [-0.39, 0.29) is 4.90 Å². The van der Waals surface area contributed by atoms with Gasteiger partial charge in [0.15, 0.2) is 0 Å². The molecule has 6 nitrogen and oxygen atoms in total. The predicted molar refractivity (Wildman–Crippen MR) is 65.0 cm³/mol. The largest absolute Gasteiger partial charge is 0.399 e. The van der Waals surface area contributed by atoms with Crippen LogP contribution in [0.3, 0.4) is 0 Å². The normalized spacial score (nSPS) is 10.9. The first-order chi connectivity index (χ1) is 7.86. The van der Waals surface area contributed by atoms with Gasteiger partial charge in [0.05, 0.1) is 4.90 Å². The standard InChI is InChI=1S/C10H15N3O3S/c1-3-12-10(14)13-17(15,16)9-5-4-8(11)6-7(9)2/h4-6H,3,11H2,1-2H3,(H2,12,13,14). The minimum atomic E-state index is -3.85. The third kappa shape index (κ3) is 3.35. The zero-order chi connectivity index (χ0) is 13.1. The first-order valence-electron chi connectivity index (χ1n) is 5.03. The highest BCUT2D eigenvalue weighted by Crippen LogP contribution is 2.17. The minimum Gasteiger partial charge on any atom is -0.399 e. The maximum Gasteiger partial charge on any atom is 0.328 e. The van der Waals surface area contributed by atoms with Crippen LogP contribution >= 0.6 is 0 Å². The van der Waals surface area contributed by atoms with E-state index in [1.54, 1.807) is 13.8 Å². The van der Waals surface area contributed by atoms with E-state index in [0.29, 0.717) is 17.8 Å². The number of carbonyl (C=O) groups excluding carboxylic acids is 1. The first kappa shape index (κ1) is 13.3. The van der Waals surface area contributed by atoms with Gasteiger partial charge in [0, 0.05) is 12.2 Å². The Kier molecular flexibility index (Phi) is 3.95. The Labute approximate surface area is 100 Å². The molecule has 0 saturated carbocycles. The highest BCUT2D eigenvalue weighted by atomic mass is 32.2. The van der Waals surface area contributed by atoms with E-state index in [1.807, 2.05) is 4.72 Å². The number of benzene rings is 1. The Bertz CT molecular complexity index is 526. The molecule has 0 fully saturated rings. The molecule has 0 aliphatic carbocycles. The van der Waals surface area contributed by atoms with Crippen LogP contribution in [-0.2, 0) is 10.0 Å². The second-order valence-electron chi connectivity index (χ2n) is 3.49. The molecule has 1 aromatic rings. The van der Waals surface area contributed by atoms with Crippen molar-refractivity contribution >= 4 is 21.7 Å². The van der Waals surface area contributed by atoms with Crippen LogP contribution in [0.25, 0.3) is 0 Å². The van der Waals surface area contributed by atoms with Gasteiger partial charge in [-0.15, -0.1) is 0 Å². The Morgan fingerprint density at radius 1 is 1.41 bits per heavy atom. The summed E-state index contributed by atoms with van der Waals surface area (Å²) in [5, 5.41) is 2.35. The maximum atomic E-state index is 11.8. The topological polar surface area (TPSA) is 101 Å². The summed E-state index contributed by atoms with van der Waals surface area (Å²) in [5.41, 5.74) is 6.48. The summed E-state index contributed by atoms with van der Waals surface area (Å²) < 4.78 is 25.6. The van der Waals surface area contributed by atoms with Gasteiger partial charge in [0.1, 0.15) is 0 Å². The molecular weight excluding hydrogens is 242 g/mol. The Hall–Kier alpha value is -1.76. The minimum absolute atomic E-state index is 0.0398. The summed E-state index contributed by atoms with van der Waals surface area (Å²) in [6.45, 7) is 3.66. The molecule has 0 saturated heterocycles. The van der Waals surface area contributed by atoms with E-state index in [2.05, 4.69) is 5.32 Å². The molecule has 0 heterocycles. The lowest BCUT2D eigenvalue weighted by Crippen LogP contribution is -2.39. The summed E-state index contributed by atoms with van der Waals surface area (Å²) in [7, 11) is -3.85. The van der Waals surface area contributed by atoms with Crippen molar-refractivity contribution in [3.05, 3.63) is 23.8 Å². The zero-order valence-electron chi connectivity index (χ0n) is 9.65. The summed E-state index contributed by atoms with van der Waals surface area (Å²) in [5.74, 6) is 0. The fourth-order valence-corrected chi connectivity index (χ4v) is 2.50. The molecule has 0 bridgehead atoms. The number of nitrogens with two attached hydrogens (primary N) is 1. The Morgan fingerprint density at radius 3 is 2.59 bits per heavy atom. The lowest BCUT2D eigenvalue weighted by atomic mass is 10.2. The molecule has 1 rings (SSSR count). The monoisotopic (exact) mass is 257 g/mol. The molecule has 0 aromatic heterocycles. The SMILES string of the molecule is CCNC(=O)NS(=O)(=O)c1ccc(N)cc1C. The quantitative estimate of drug-likeness (QED) is 0.689. The fraction of sp³-hybridized carbons (Fsp3) is 0.300. The van der Waals surface area contributed by atoms with Crippen molar-refractivity contribution in [3.8, 4) is 0 Å². The summed E-state index contributed by atoms with van der Waals surface area (Å²) in [4.78, 5) is 11.2. The number of rotatable bonds is 3. The van der Waals surface area contributed by atoms with Gasteiger partial charge in [-0.1, -0.05) is 0 Å². The van der Waals surface area contributed by atoms with Gasteiger partial charge < -0.3 is 11.1 Å². The molecule has 0 spiro atoms. The number of urea groups is 1. The van der Waals surface area contributed by atoms with Crippen LogP contribution in [0.2, 0.25) is 0 Å². The van der Waals surface area contributed by atoms with Gasteiger partial charge in [-0.3, -0.25) is 0 Å². The van der Waals surface area contributed by atoms with Gasteiger partial charge in [0.25, 0.3) is 10.0 Å². The van der Waals surface area contributed by atoms with Crippen LogP contribution in [-0.4, -0.2) is 21.0 Å². The molecule has 94 valence electrons. The molecule has 0 aliphatic heterocycles. The Balaban J connectivity index is 3.01. The highest BCUT2D eigenvalue weighted by molar-refractivity contribution is 7.90. The second-order valence-corrected chi connectivity index (χ2v) is 5.14. The molecule has 7 heteroatoms. The van der Waals surface area contributed by atoms with Gasteiger partial charge >= 0.3 is 6.03 Å². The number of hydrogen-bond donors (Lipinski definition) is 3. The van der Waals surface area contributed by atoms with E-state index in [0.717, 1.165) is 0 Å². The Morgan fingerprint density at radius 2 is 2.06 bits per heavy atom. The molecule has 0 atom stereocenters. The second kappa shape index (κ2) is 5.05. The van der Waals surface area contributed by atoms with E-state index >= 15 is 0 Å². The van der Waals surface area contributed by atoms with Crippen LogP contribution < -0.4 is 15.8 Å². The molecule has 0 unspecified atom stereocenters. The van der Waals surface area contributed by atoms with Crippen molar-refractivity contribution in [1.82, 2.24) is 10.0 Å². The van der Waals surface area contributed by atoms with Crippen LogP contribution in [0.4, 0.5) is 10.5 Å². The summed E-state index contributed by atoms with van der Waals surface area (Å²) in [6.07, 6.45) is 0. The van der Waals surface area contributed by atoms with Crippen molar-refractivity contribution in [1.29, 1.82) is 0 Å². The van der Waals surface area contributed by atoms with E-state index < -0.39 is 16.1 Å². The van der Waals surface area contributed by atoms with E-state index in [9.17, 15) is 13.2 Å². The van der Waals surface area contributed by atoms with Crippen molar-refractivity contribution in [3.63, 3.8) is 0 Å². The van der Waals surface area contributed by atoms with Gasteiger partial charge in [-0.25, -0.2) is 17.9 Å². The zero-order valence-corrected chi connectivity index (χ0v) is 10.5. The molecule has 0 radical (unpaired) electrons. The lowest BCUT2D eigenvalue weighted by molar-refractivity contribution is 0.246. The van der Waals surface area contributed by atoms with Crippen LogP contribution in [0.15, 0.2) is 23.1 Å². The average molecular weight is 257 g/mol. The summed E-state index contributed by atoms with van der Waals surface area (Å²) >= 11 is 0. The molecule has 4 N–H and O–H groups in total. The fourth-order valence-electron chi connectivity index (χ4n) is 1.35. The molecule has 1 aromatic carbocycles. The number of amides is 2. The number of carbonyl (C=O) groups is 1. The van der Waals surface area contributed by atoms with Gasteiger partial charge in [-0.05, 0) is 37.6 Å². The lowest BCUT2D eigenvalue weighted by Gasteiger charge is -2.09. The van der Waals surface area contributed by atoms with Crippen LogP contribution in [0, 0.1) is 6.92 Å². The first-order valence-corrected chi connectivity index (χ1v) is 6.52. The average Bonchev–Trinajstić information content (AvgIpc) is 2.15. The number of nitrogen functional groups attached to an aromatic ring is 1. The summed E-state index contributed by atoms with van der Waals surface area (Å²) in [6, 6.07) is 3.63. The molecule has 2 amide bonds. The highest BCUT2D eigenvalue weighted by Gasteiger charge is 2.19. The number of nitrogens with one attached hydrogen (secondary N) is 2. The number of aryl methyl sites for hydroxylation is 1. The van der Waals surface area contributed by atoms with Crippen LogP contribution in [0.5, 0.6) is 0 Å².